The largest absolute Gasteiger partial charge is 0.349 e. The first-order valence-corrected chi connectivity index (χ1v) is 9.98. The summed E-state index contributed by atoms with van der Waals surface area (Å²) in [5, 5.41) is 3.73. The van der Waals surface area contributed by atoms with Gasteiger partial charge in [0.15, 0.2) is 0 Å². The molecule has 2 aromatic carbocycles. The van der Waals surface area contributed by atoms with Crippen molar-refractivity contribution in [2.45, 2.75) is 25.8 Å². The van der Waals surface area contributed by atoms with Gasteiger partial charge >= 0.3 is 0 Å². The number of hydrogen-bond donors (Lipinski definition) is 1. The predicted octanol–water partition coefficient (Wildman–Crippen LogP) is 4.47. The lowest BCUT2D eigenvalue weighted by Crippen LogP contribution is -2.43. The molecule has 0 aromatic heterocycles. The van der Waals surface area contributed by atoms with Crippen LogP contribution in [0.25, 0.3) is 6.08 Å². The third kappa shape index (κ3) is 5.46. The monoisotopic (exact) mass is 396 g/mol. The molecule has 0 radical (unpaired) electrons. The van der Waals surface area contributed by atoms with E-state index in [0.717, 1.165) is 11.1 Å². The highest BCUT2D eigenvalue weighted by Gasteiger charge is 2.27. The van der Waals surface area contributed by atoms with Crippen molar-refractivity contribution in [3.8, 4) is 0 Å². The van der Waals surface area contributed by atoms with E-state index in [4.69, 9.17) is 11.6 Å². The lowest BCUT2D eigenvalue weighted by atomic mass is 9.95. The second-order valence-electron chi connectivity index (χ2n) is 7.13. The van der Waals surface area contributed by atoms with Crippen molar-refractivity contribution >= 4 is 29.5 Å². The van der Waals surface area contributed by atoms with Crippen molar-refractivity contribution < 1.29 is 9.59 Å². The van der Waals surface area contributed by atoms with Gasteiger partial charge in [-0.1, -0.05) is 54.1 Å². The first kappa shape index (κ1) is 20.2. The van der Waals surface area contributed by atoms with E-state index in [9.17, 15) is 9.59 Å². The van der Waals surface area contributed by atoms with E-state index >= 15 is 0 Å². The van der Waals surface area contributed by atoms with Crippen molar-refractivity contribution in [2.75, 3.05) is 13.1 Å². The molecule has 2 amide bonds. The minimum Gasteiger partial charge on any atom is -0.349 e. The number of likely N-dealkylation sites (tertiary alicyclic amines) is 1. The average Bonchev–Trinajstić information content (AvgIpc) is 2.73. The Bertz CT molecular complexity index is 843. The highest BCUT2D eigenvalue weighted by atomic mass is 35.5. The van der Waals surface area contributed by atoms with Gasteiger partial charge in [-0.05, 0) is 49.1 Å². The zero-order valence-electron chi connectivity index (χ0n) is 16.0. The van der Waals surface area contributed by atoms with Crippen molar-refractivity contribution in [1.29, 1.82) is 0 Å². The number of hydrogen-bond acceptors (Lipinski definition) is 2. The van der Waals surface area contributed by atoms with Gasteiger partial charge in [0.2, 0.25) is 11.8 Å². The molecular formula is C23H25ClN2O2. The van der Waals surface area contributed by atoms with Crippen LogP contribution in [-0.2, 0) is 9.59 Å². The van der Waals surface area contributed by atoms with E-state index < -0.39 is 0 Å². The number of amides is 2. The van der Waals surface area contributed by atoms with Gasteiger partial charge in [0.05, 0.1) is 6.04 Å². The molecule has 1 aliphatic rings. The normalized spacial score (nSPS) is 16.1. The maximum Gasteiger partial charge on any atom is 0.246 e. The van der Waals surface area contributed by atoms with Crippen LogP contribution in [-0.4, -0.2) is 29.8 Å². The lowest BCUT2D eigenvalue weighted by molar-refractivity contribution is -0.132. The Morgan fingerprint density at radius 2 is 1.82 bits per heavy atom. The average molecular weight is 397 g/mol. The van der Waals surface area contributed by atoms with Crippen molar-refractivity contribution in [3.63, 3.8) is 0 Å². The van der Waals surface area contributed by atoms with Gasteiger partial charge in [-0.25, -0.2) is 0 Å². The fourth-order valence-electron chi connectivity index (χ4n) is 3.39. The van der Waals surface area contributed by atoms with Crippen LogP contribution in [0, 0.1) is 5.92 Å². The third-order valence-electron chi connectivity index (χ3n) is 5.10. The maximum atomic E-state index is 12.6. The molecule has 0 spiro atoms. The Hall–Kier alpha value is -2.59. The number of halogens is 1. The van der Waals surface area contributed by atoms with Gasteiger partial charge in [0.1, 0.15) is 0 Å². The summed E-state index contributed by atoms with van der Waals surface area (Å²) in [6.07, 6.45) is 4.79. The molecule has 1 heterocycles. The summed E-state index contributed by atoms with van der Waals surface area (Å²) in [6.45, 7) is 3.15. The van der Waals surface area contributed by atoms with Crippen LogP contribution in [0.1, 0.15) is 36.9 Å². The smallest absolute Gasteiger partial charge is 0.246 e. The summed E-state index contributed by atoms with van der Waals surface area (Å²) in [4.78, 5) is 26.8. The Kier molecular flexibility index (Phi) is 6.88. The molecule has 0 aliphatic carbocycles. The molecule has 1 aliphatic heterocycles. The summed E-state index contributed by atoms with van der Waals surface area (Å²) < 4.78 is 0. The summed E-state index contributed by atoms with van der Waals surface area (Å²) in [5.74, 6) is -0.0294. The fraction of sp³-hybridized carbons (Fsp3) is 0.304. The minimum atomic E-state index is -0.0975. The third-order valence-corrected chi connectivity index (χ3v) is 5.34. The Morgan fingerprint density at radius 3 is 2.50 bits per heavy atom. The van der Waals surface area contributed by atoms with Crippen LogP contribution in [0.5, 0.6) is 0 Å². The molecular weight excluding hydrogens is 372 g/mol. The summed E-state index contributed by atoms with van der Waals surface area (Å²) in [7, 11) is 0. The van der Waals surface area contributed by atoms with Crippen molar-refractivity contribution in [1.82, 2.24) is 10.2 Å². The van der Waals surface area contributed by atoms with Crippen LogP contribution in [0.15, 0.2) is 60.7 Å². The van der Waals surface area contributed by atoms with Gasteiger partial charge in [0.25, 0.3) is 0 Å². The molecule has 0 bridgehead atoms. The molecule has 1 atom stereocenters. The summed E-state index contributed by atoms with van der Waals surface area (Å²) >= 11 is 6.03. The first-order valence-electron chi connectivity index (χ1n) is 9.61. The van der Waals surface area contributed by atoms with E-state index in [-0.39, 0.29) is 23.8 Å². The Labute approximate surface area is 171 Å². The van der Waals surface area contributed by atoms with Crippen LogP contribution in [0.3, 0.4) is 0 Å². The molecule has 1 unspecified atom stereocenters. The molecule has 2 aromatic rings. The number of nitrogens with zero attached hydrogens (tertiary/aromatic N) is 1. The predicted molar refractivity (Wildman–Crippen MR) is 113 cm³/mol. The number of carbonyl (C=O) groups excluding carboxylic acids is 2. The first-order chi connectivity index (χ1) is 13.5. The number of rotatable bonds is 5. The molecule has 0 saturated carbocycles. The number of benzene rings is 2. The van der Waals surface area contributed by atoms with E-state index in [2.05, 4.69) is 5.32 Å². The lowest BCUT2D eigenvalue weighted by Gasteiger charge is -2.31. The van der Waals surface area contributed by atoms with Crippen LogP contribution >= 0.6 is 11.6 Å². The maximum absolute atomic E-state index is 12.6. The molecule has 1 fully saturated rings. The molecule has 4 nitrogen and oxygen atoms in total. The minimum absolute atomic E-state index is 0.00462. The number of nitrogens with one attached hydrogen (secondary N) is 1. The van der Waals surface area contributed by atoms with Crippen molar-refractivity contribution in [2.24, 2.45) is 5.92 Å². The van der Waals surface area contributed by atoms with Gasteiger partial charge in [-0.3, -0.25) is 9.59 Å². The van der Waals surface area contributed by atoms with E-state index in [1.807, 2.05) is 72.5 Å². The number of carbonyl (C=O) groups is 2. The SMILES string of the molecule is CC(NC(=O)C1CCN(C(=O)/C=C/c2ccccc2)CC1)c1cccc(Cl)c1. The molecule has 1 N–H and O–H groups in total. The zero-order valence-corrected chi connectivity index (χ0v) is 16.7. The van der Waals surface area contributed by atoms with Crippen LogP contribution in [0.4, 0.5) is 0 Å². The van der Waals surface area contributed by atoms with Crippen LogP contribution in [0.2, 0.25) is 5.02 Å². The van der Waals surface area contributed by atoms with Crippen LogP contribution < -0.4 is 5.32 Å². The second-order valence-corrected chi connectivity index (χ2v) is 7.57. The van der Waals surface area contributed by atoms with E-state index in [1.54, 1.807) is 6.08 Å². The fourth-order valence-corrected chi connectivity index (χ4v) is 3.59. The van der Waals surface area contributed by atoms with E-state index in [1.165, 1.54) is 0 Å². The Balaban J connectivity index is 1.48. The second kappa shape index (κ2) is 9.56. The zero-order chi connectivity index (χ0) is 19.9. The highest BCUT2D eigenvalue weighted by Crippen LogP contribution is 2.21. The van der Waals surface area contributed by atoms with Gasteiger partial charge in [0, 0.05) is 30.1 Å². The van der Waals surface area contributed by atoms with Gasteiger partial charge < -0.3 is 10.2 Å². The highest BCUT2D eigenvalue weighted by molar-refractivity contribution is 6.30. The molecule has 1 saturated heterocycles. The van der Waals surface area contributed by atoms with Gasteiger partial charge in [-0.2, -0.15) is 0 Å². The summed E-state index contributed by atoms with van der Waals surface area (Å²) in [5.41, 5.74) is 1.99. The topological polar surface area (TPSA) is 49.4 Å². The quantitative estimate of drug-likeness (QED) is 0.758. The molecule has 5 heteroatoms. The number of piperidine rings is 1. The van der Waals surface area contributed by atoms with E-state index in [0.29, 0.717) is 31.0 Å². The molecule has 28 heavy (non-hydrogen) atoms. The van der Waals surface area contributed by atoms with Gasteiger partial charge in [-0.15, -0.1) is 0 Å². The molecule has 3 rings (SSSR count). The summed E-state index contributed by atoms with van der Waals surface area (Å²) in [6, 6.07) is 17.2. The standard InChI is InChI=1S/C23H25ClN2O2/c1-17(20-8-5-9-21(24)16-20)25-23(28)19-12-14-26(15-13-19)22(27)11-10-18-6-3-2-4-7-18/h2-11,16-17,19H,12-15H2,1H3,(H,25,28)/b11-10+. The Morgan fingerprint density at radius 1 is 1.11 bits per heavy atom. The molecule has 146 valence electrons. The van der Waals surface area contributed by atoms with Crippen molar-refractivity contribution in [3.05, 3.63) is 76.8 Å².